The van der Waals surface area contributed by atoms with Crippen LogP contribution in [-0.2, 0) is 6.42 Å². The number of benzene rings is 1. The van der Waals surface area contributed by atoms with Gasteiger partial charge in [-0.2, -0.15) is 4.98 Å². The third kappa shape index (κ3) is 3.05. The number of nitrogens with zero attached hydrogens (tertiary/aromatic N) is 3. The minimum atomic E-state index is -0.399. The molecule has 1 aromatic carbocycles. The van der Waals surface area contributed by atoms with Crippen LogP contribution in [0.4, 0.5) is 0 Å². The zero-order chi connectivity index (χ0) is 17.1. The van der Waals surface area contributed by atoms with Gasteiger partial charge in [-0.15, -0.1) is 0 Å². The van der Waals surface area contributed by atoms with Crippen molar-refractivity contribution in [1.82, 2.24) is 9.38 Å². The van der Waals surface area contributed by atoms with E-state index in [4.69, 9.17) is 0 Å². The van der Waals surface area contributed by atoms with E-state index in [0.29, 0.717) is 18.6 Å². The van der Waals surface area contributed by atoms with Crippen molar-refractivity contribution >= 4 is 11.9 Å². The first kappa shape index (κ1) is 15.5. The van der Waals surface area contributed by atoms with Gasteiger partial charge >= 0.3 is 0 Å². The Balaban J connectivity index is 1.78. The van der Waals surface area contributed by atoms with Crippen LogP contribution in [0.5, 0.6) is 17.4 Å². The lowest BCUT2D eigenvalue weighted by Crippen LogP contribution is -2.19. The van der Waals surface area contributed by atoms with Gasteiger partial charge in [-0.3, -0.25) is 14.2 Å². The molecule has 3 aromatic rings. The van der Waals surface area contributed by atoms with Crippen LogP contribution in [0.1, 0.15) is 11.1 Å². The number of aromatic hydroxyl groups is 3. The summed E-state index contributed by atoms with van der Waals surface area (Å²) in [5.74, 6) is -0.731. The number of hydrogen-bond acceptors (Lipinski definition) is 6. The smallest absolute Gasteiger partial charge is 0.270 e. The molecule has 0 spiro atoms. The number of aromatic nitrogens is 2. The third-order valence-electron chi connectivity index (χ3n) is 3.54. The molecular weight excluding hydrogens is 310 g/mol. The van der Waals surface area contributed by atoms with E-state index in [1.165, 1.54) is 22.7 Å². The van der Waals surface area contributed by atoms with Crippen LogP contribution in [0.3, 0.4) is 0 Å². The van der Waals surface area contributed by atoms with Gasteiger partial charge < -0.3 is 15.3 Å². The van der Waals surface area contributed by atoms with Crippen molar-refractivity contribution < 1.29 is 15.3 Å². The summed E-state index contributed by atoms with van der Waals surface area (Å²) in [6.45, 7) is 0.348. The van der Waals surface area contributed by atoms with E-state index < -0.39 is 5.56 Å². The summed E-state index contributed by atoms with van der Waals surface area (Å²) >= 11 is 0. The molecule has 0 atom stereocenters. The number of pyridine rings is 1. The van der Waals surface area contributed by atoms with E-state index >= 15 is 0 Å². The Kier molecular flexibility index (Phi) is 4.15. The first-order valence-corrected chi connectivity index (χ1v) is 7.27. The molecule has 0 saturated heterocycles. The van der Waals surface area contributed by atoms with Crippen LogP contribution in [0.15, 0.2) is 52.4 Å². The van der Waals surface area contributed by atoms with Crippen LogP contribution < -0.4 is 5.56 Å². The quantitative estimate of drug-likeness (QED) is 0.497. The second-order valence-electron chi connectivity index (χ2n) is 5.19. The molecule has 24 heavy (non-hydrogen) atoms. The first-order chi connectivity index (χ1) is 11.6. The van der Waals surface area contributed by atoms with Crippen molar-refractivity contribution in [2.24, 2.45) is 4.99 Å². The lowest BCUT2D eigenvalue weighted by Gasteiger charge is -2.03. The summed E-state index contributed by atoms with van der Waals surface area (Å²) in [6, 6.07) is 9.58. The average Bonchev–Trinajstić information content (AvgIpc) is 2.57. The van der Waals surface area contributed by atoms with Crippen LogP contribution >= 0.6 is 0 Å². The van der Waals surface area contributed by atoms with Crippen molar-refractivity contribution in [1.29, 1.82) is 0 Å². The van der Waals surface area contributed by atoms with E-state index in [0.717, 1.165) is 5.56 Å². The van der Waals surface area contributed by atoms with Gasteiger partial charge in [0.2, 0.25) is 5.88 Å². The minimum Gasteiger partial charge on any atom is -0.504 e. The molecule has 2 heterocycles. The van der Waals surface area contributed by atoms with E-state index in [2.05, 4.69) is 9.98 Å². The number of aliphatic imine (C=N–C) groups is 1. The van der Waals surface area contributed by atoms with E-state index in [9.17, 15) is 20.1 Å². The van der Waals surface area contributed by atoms with Gasteiger partial charge in [-0.05, 0) is 36.2 Å². The fourth-order valence-corrected chi connectivity index (χ4v) is 2.28. The molecule has 0 aliphatic rings. The van der Waals surface area contributed by atoms with Crippen LogP contribution in [-0.4, -0.2) is 37.5 Å². The van der Waals surface area contributed by atoms with Crippen molar-refractivity contribution in [3.8, 4) is 17.4 Å². The molecule has 7 heteroatoms. The number of hydrogen-bond donors (Lipinski definition) is 3. The maximum atomic E-state index is 12.3. The highest BCUT2D eigenvalue weighted by Gasteiger charge is 2.09. The maximum absolute atomic E-state index is 12.3. The highest BCUT2D eigenvalue weighted by Crippen LogP contribution is 2.24. The van der Waals surface area contributed by atoms with E-state index in [1.54, 1.807) is 30.5 Å². The third-order valence-corrected chi connectivity index (χ3v) is 3.54. The second-order valence-corrected chi connectivity index (χ2v) is 5.19. The molecule has 0 fully saturated rings. The summed E-state index contributed by atoms with van der Waals surface area (Å²) < 4.78 is 1.33. The average molecular weight is 325 g/mol. The number of phenols is 2. The summed E-state index contributed by atoms with van der Waals surface area (Å²) in [5.41, 5.74) is 0.771. The minimum absolute atomic E-state index is 0.0206. The summed E-state index contributed by atoms with van der Waals surface area (Å²) in [7, 11) is 0. The summed E-state index contributed by atoms with van der Waals surface area (Å²) in [4.78, 5) is 20.4. The predicted octanol–water partition coefficient (Wildman–Crippen LogP) is 1.47. The largest absolute Gasteiger partial charge is 0.504 e. The van der Waals surface area contributed by atoms with Gasteiger partial charge in [0, 0.05) is 19.0 Å². The normalized spacial score (nSPS) is 11.3. The zero-order valence-electron chi connectivity index (χ0n) is 12.6. The summed E-state index contributed by atoms with van der Waals surface area (Å²) in [5, 5.41) is 28.6. The molecule has 0 radical (unpaired) electrons. The Morgan fingerprint density at radius 3 is 2.75 bits per heavy atom. The molecule has 0 bridgehead atoms. The van der Waals surface area contributed by atoms with Crippen molar-refractivity contribution in [3.05, 3.63) is 64.1 Å². The van der Waals surface area contributed by atoms with Gasteiger partial charge in [-0.25, -0.2) is 0 Å². The number of phenolic OH excluding ortho intramolecular Hbond substituents is 2. The molecule has 0 aliphatic heterocycles. The Morgan fingerprint density at radius 2 is 1.96 bits per heavy atom. The molecule has 0 aliphatic carbocycles. The summed E-state index contributed by atoms with van der Waals surface area (Å²) in [6.07, 6.45) is 3.37. The molecule has 7 nitrogen and oxygen atoms in total. The molecule has 3 rings (SSSR count). The SMILES string of the molecule is O=c1c(C=NCCc2ccc(O)c(O)c2)c(O)nc2ccccn12. The predicted molar refractivity (Wildman–Crippen MR) is 89.1 cm³/mol. The van der Waals surface area contributed by atoms with Gasteiger partial charge in [0.25, 0.3) is 5.56 Å². The topological polar surface area (TPSA) is 107 Å². The maximum Gasteiger partial charge on any atom is 0.270 e. The fourth-order valence-electron chi connectivity index (χ4n) is 2.28. The van der Waals surface area contributed by atoms with Gasteiger partial charge in [0.15, 0.2) is 11.5 Å². The Morgan fingerprint density at radius 1 is 1.12 bits per heavy atom. The Bertz CT molecular complexity index is 979. The van der Waals surface area contributed by atoms with Crippen LogP contribution in [0, 0.1) is 0 Å². The van der Waals surface area contributed by atoms with Crippen LogP contribution in [0.25, 0.3) is 5.65 Å². The molecular formula is C17H15N3O4. The van der Waals surface area contributed by atoms with Crippen molar-refractivity contribution in [2.75, 3.05) is 6.54 Å². The molecule has 0 saturated carbocycles. The van der Waals surface area contributed by atoms with Gasteiger partial charge in [0.1, 0.15) is 11.2 Å². The highest BCUT2D eigenvalue weighted by atomic mass is 16.3. The molecule has 2 aromatic heterocycles. The van der Waals surface area contributed by atoms with E-state index in [-0.39, 0.29) is 22.9 Å². The molecule has 0 unspecified atom stereocenters. The molecule has 0 amide bonds. The molecule has 122 valence electrons. The number of rotatable bonds is 4. The van der Waals surface area contributed by atoms with Crippen molar-refractivity contribution in [3.63, 3.8) is 0 Å². The molecule has 3 N–H and O–H groups in total. The standard InChI is InChI=1S/C17H15N3O4/c21-13-5-4-11(9-14(13)22)6-7-18-10-12-16(23)19-15-3-1-2-8-20(15)17(12)24/h1-5,8-10,21-23H,6-7H2. The highest BCUT2D eigenvalue weighted by molar-refractivity contribution is 5.82. The van der Waals surface area contributed by atoms with Gasteiger partial charge in [0.05, 0.1) is 0 Å². The van der Waals surface area contributed by atoms with Gasteiger partial charge in [-0.1, -0.05) is 12.1 Å². The van der Waals surface area contributed by atoms with Crippen LogP contribution in [0.2, 0.25) is 0 Å². The Hall–Kier alpha value is -3.35. The zero-order valence-corrected chi connectivity index (χ0v) is 12.6. The Labute approximate surface area is 136 Å². The second kappa shape index (κ2) is 6.41. The lowest BCUT2D eigenvalue weighted by atomic mass is 10.1. The first-order valence-electron chi connectivity index (χ1n) is 7.27. The van der Waals surface area contributed by atoms with Crippen molar-refractivity contribution in [2.45, 2.75) is 6.42 Å². The number of fused-ring (bicyclic) bond motifs is 1. The fraction of sp³-hybridized carbons (Fsp3) is 0.118. The lowest BCUT2D eigenvalue weighted by molar-refractivity contribution is 0.403. The monoisotopic (exact) mass is 325 g/mol. The van der Waals surface area contributed by atoms with E-state index in [1.807, 2.05) is 0 Å².